The predicted molar refractivity (Wildman–Crippen MR) is 95.0 cm³/mol. The number of aliphatic hydroxyl groups excluding tert-OH is 1. The number of likely N-dealkylation sites (tertiary alicyclic amines) is 1. The van der Waals surface area contributed by atoms with Crippen LogP contribution in [0.15, 0.2) is 35.7 Å². The maximum Gasteiger partial charge on any atom is 0.317 e. The first-order chi connectivity index (χ1) is 11.7. The minimum Gasteiger partial charge on any atom is -0.396 e. The van der Waals surface area contributed by atoms with Gasteiger partial charge in [-0.25, -0.2) is 9.78 Å². The number of thiazole rings is 1. The molecular weight excluding hydrogens is 322 g/mol. The molecule has 6 heteroatoms. The zero-order valence-corrected chi connectivity index (χ0v) is 14.5. The third kappa shape index (κ3) is 4.55. The average molecular weight is 345 g/mol. The van der Waals surface area contributed by atoms with Crippen molar-refractivity contribution in [3.05, 3.63) is 52.0 Å². The topological polar surface area (TPSA) is 65.5 Å². The summed E-state index contributed by atoms with van der Waals surface area (Å²) in [6.45, 7) is 1.97. The molecule has 2 amide bonds. The fraction of sp³-hybridized carbons (Fsp3) is 0.444. The minimum absolute atomic E-state index is 0.0650. The highest BCUT2D eigenvalue weighted by molar-refractivity contribution is 7.09. The number of rotatable bonds is 6. The summed E-state index contributed by atoms with van der Waals surface area (Å²) in [7, 11) is 0. The smallest absolute Gasteiger partial charge is 0.317 e. The Balaban J connectivity index is 1.43. The Kier molecular flexibility index (Phi) is 5.82. The molecule has 1 aromatic carbocycles. The van der Waals surface area contributed by atoms with Crippen molar-refractivity contribution in [2.75, 3.05) is 19.7 Å². The number of nitrogens with one attached hydrogen (secondary N) is 1. The third-order valence-corrected chi connectivity index (χ3v) is 5.28. The lowest BCUT2D eigenvalue weighted by atomic mass is 10.1. The molecule has 0 radical (unpaired) electrons. The van der Waals surface area contributed by atoms with Gasteiger partial charge in [0.1, 0.15) is 0 Å². The lowest BCUT2D eigenvalue weighted by Crippen LogP contribution is -2.38. The zero-order valence-electron chi connectivity index (χ0n) is 13.6. The second-order valence-corrected chi connectivity index (χ2v) is 7.10. The van der Waals surface area contributed by atoms with Crippen molar-refractivity contribution in [3.8, 4) is 0 Å². The van der Waals surface area contributed by atoms with E-state index in [9.17, 15) is 4.79 Å². The van der Waals surface area contributed by atoms with Gasteiger partial charge in [0.2, 0.25) is 0 Å². The number of aromatic nitrogens is 1. The van der Waals surface area contributed by atoms with Gasteiger partial charge >= 0.3 is 6.03 Å². The van der Waals surface area contributed by atoms with Crippen LogP contribution in [-0.4, -0.2) is 40.7 Å². The summed E-state index contributed by atoms with van der Waals surface area (Å²) in [6, 6.07) is 10.3. The first-order valence-corrected chi connectivity index (χ1v) is 9.23. The van der Waals surface area contributed by atoms with Crippen molar-refractivity contribution in [2.24, 2.45) is 5.92 Å². The number of hydrogen-bond acceptors (Lipinski definition) is 4. The molecule has 2 heterocycles. The number of aryl methyl sites for hydroxylation is 2. The van der Waals surface area contributed by atoms with Gasteiger partial charge in [-0.15, -0.1) is 11.3 Å². The second kappa shape index (κ2) is 8.26. The highest BCUT2D eigenvalue weighted by atomic mass is 32.1. The van der Waals surface area contributed by atoms with E-state index in [4.69, 9.17) is 5.11 Å². The van der Waals surface area contributed by atoms with E-state index in [0.717, 1.165) is 36.5 Å². The number of nitrogens with zero attached hydrogens (tertiary/aromatic N) is 2. The van der Waals surface area contributed by atoms with E-state index in [1.165, 1.54) is 5.56 Å². The number of aliphatic hydroxyl groups is 1. The van der Waals surface area contributed by atoms with E-state index in [2.05, 4.69) is 34.6 Å². The lowest BCUT2D eigenvalue weighted by Gasteiger charge is -2.16. The fourth-order valence-corrected chi connectivity index (χ4v) is 3.68. The molecule has 128 valence electrons. The molecule has 0 aliphatic carbocycles. The van der Waals surface area contributed by atoms with Crippen LogP contribution in [0.1, 0.15) is 22.7 Å². The molecule has 1 saturated heterocycles. The summed E-state index contributed by atoms with van der Waals surface area (Å²) in [5.74, 6) is 0.222. The van der Waals surface area contributed by atoms with Crippen LogP contribution in [0.4, 0.5) is 4.79 Å². The quantitative estimate of drug-likeness (QED) is 0.845. The normalized spacial score (nSPS) is 17.2. The largest absolute Gasteiger partial charge is 0.396 e. The number of benzene rings is 1. The molecule has 1 fully saturated rings. The van der Waals surface area contributed by atoms with Crippen LogP contribution in [0.3, 0.4) is 0 Å². The highest BCUT2D eigenvalue weighted by Crippen LogP contribution is 2.16. The fourth-order valence-electron chi connectivity index (χ4n) is 2.88. The van der Waals surface area contributed by atoms with E-state index in [1.54, 1.807) is 16.2 Å². The number of carbonyl (C=O) groups excluding carboxylic acids is 1. The molecule has 3 rings (SSSR count). The van der Waals surface area contributed by atoms with Crippen molar-refractivity contribution in [3.63, 3.8) is 0 Å². The summed E-state index contributed by atoms with van der Waals surface area (Å²) in [6.07, 6.45) is 2.79. The number of amides is 2. The van der Waals surface area contributed by atoms with Crippen molar-refractivity contribution >= 4 is 17.4 Å². The van der Waals surface area contributed by atoms with E-state index < -0.39 is 0 Å². The Hall–Kier alpha value is -1.92. The Labute approximate surface area is 146 Å². The van der Waals surface area contributed by atoms with Gasteiger partial charge in [0.05, 0.1) is 17.2 Å². The lowest BCUT2D eigenvalue weighted by molar-refractivity contribution is 0.198. The van der Waals surface area contributed by atoms with Gasteiger partial charge in [-0.3, -0.25) is 0 Å². The van der Waals surface area contributed by atoms with Crippen molar-refractivity contribution in [2.45, 2.75) is 25.8 Å². The molecule has 2 aromatic rings. The van der Waals surface area contributed by atoms with Gasteiger partial charge < -0.3 is 15.3 Å². The summed E-state index contributed by atoms with van der Waals surface area (Å²) in [5, 5.41) is 15.2. The van der Waals surface area contributed by atoms with Crippen LogP contribution in [0.5, 0.6) is 0 Å². The Morgan fingerprint density at radius 2 is 2.17 bits per heavy atom. The summed E-state index contributed by atoms with van der Waals surface area (Å²) in [4.78, 5) is 18.5. The van der Waals surface area contributed by atoms with Crippen LogP contribution in [0.25, 0.3) is 0 Å². The number of urea groups is 1. The molecule has 0 bridgehead atoms. The minimum atomic E-state index is -0.0650. The molecule has 24 heavy (non-hydrogen) atoms. The van der Waals surface area contributed by atoms with E-state index >= 15 is 0 Å². The first-order valence-electron chi connectivity index (χ1n) is 8.35. The standard InChI is InChI=1S/C18H23N3O2S/c22-12-15-8-9-21(11-15)18(23)19-10-16-13-24-17(20-16)7-6-14-4-2-1-3-5-14/h1-5,13,15,22H,6-12H2,(H,19,23). The van der Waals surface area contributed by atoms with Crippen LogP contribution in [0, 0.1) is 5.92 Å². The molecule has 0 spiro atoms. The van der Waals surface area contributed by atoms with Gasteiger partial charge in [0, 0.05) is 37.4 Å². The van der Waals surface area contributed by atoms with Gasteiger partial charge in [0.25, 0.3) is 0 Å². The first kappa shape index (κ1) is 16.9. The average Bonchev–Trinajstić information content (AvgIpc) is 3.28. The SMILES string of the molecule is O=C(NCc1csc(CCc2ccccc2)n1)N1CCC(CO)C1. The van der Waals surface area contributed by atoms with Crippen LogP contribution >= 0.6 is 11.3 Å². The Morgan fingerprint density at radius 3 is 2.92 bits per heavy atom. The molecule has 1 aromatic heterocycles. The monoisotopic (exact) mass is 345 g/mol. The van der Waals surface area contributed by atoms with Gasteiger partial charge in [-0.1, -0.05) is 30.3 Å². The van der Waals surface area contributed by atoms with Crippen LogP contribution in [-0.2, 0) is 19.4 Å². The molecule has 2 N–H and O–H groups in total. The molecule has 1 aliphatic heterocycles. The van der Waals surface area contributed by atoms with Crippen molar-refractivity contribution in [1.29, 1.82) is 0 Å². The van der Waals surface area contributed by atoms with Gasteiger partial charge in [-0.05, 0) is 18.4 Å². The van der Waals surface area contributed by atoms with Crippen molar-refractivity contribution < 1.29 is 9.90 Å². The maximum atomic E-state index is 12.1. The molecule has 5 nitrogen and oxygen atoms in total. The molecule has 1 unspecified atom stereocenters. The molecule has 1 atom stereocenters. The number of hydrogen-bond donors (Lipinski definition) is 2. The van der Waals surface area contributed by atoms with Gasteiger partial charge in [0.15, 0.2) is 0 Å². The van der Waals surface area contributed by atoms with Crippen LogP contribution < -0.4 is 5.32 Å². The highest BCUT2D eigenvalue weighted by Gasteiger charge is 2.25. The van der Waals surface area contributed by atoms with E-state index in [-0.39, 0.29) is 18.6 Å². The van der Waals surface area contributed by atoms with Crippen molar-refractivity contribution in [1.82, 2.24) is 15.2 Å². The third-order valence-electron chi connectivity index (χ3n) is 4.32. The summed E-state index contributed by atoms with van der Waals surface area (Å²) < 4.78 is 0. The number of carbonyl (C=O) groups is 1. The Morgan fingerprint density at radius 1 is 1.33 bits per heavy atom. The predicted octanol–water partition coefficient (Wildman–Crippen LogP) is 2.45. The molecule has 1 aliphatic rings. The molecule has 0 saturated carbocycles. The second-order valence-electron chi connectivity index (χ2n) is 6.16. The maximum absolute atomic E-state index is 12.1. The van der Waals surface area contributed by atoms with Gasteiger partial charge in [-0.2, -0.15) is 0 Å². The molecular formula is C18H23N3O2S. The summed E-state index contributed by atoms with van der Waals surface area (Å²) in [5.41, 5.74) is 2.23. The summed E-state index contributed by atoms with van der Waals surface area (Å²) >= 11 is 1.65. The van der Waals surface area contributed by atoms with Crippen LogP contribution in [0.2, 0.25) is 0 Å². The zero-order chi connectivity index (χ0) is 16.8. The Bertz CT molecular complexity index is 659. The van der Waals surface area contributed by atoms with E-state index in [0.29, 0.717) is 13.1 Å². The van der Waals surface area contributed by atoms with E-state index in [1.807, 2.05) is 11.4 Å².